The maximum Gasteiger partial charge on any atom is 0.341 e. The molecule has 0 bridgehead atoms. The number of aromatic nitrogens is 1. The van der Waals surface area contributed by atoms with E-state index in [1.54, 1.807) is 0 Å². The zero-order valence-corrected chi connectivity index (χ0v) is 11.1. The predicted octanol–water partition coefficient (Wildman–Crippen LogP) is 3.20. The molecular formula is C14H8ClFN2O2. The zero-order valence-electron chi connectivity index (χ0n) is 10.4. The van der Waals surface area contributed by atoms with Crippen LogP contribution in [0.15, 0.2) is 30.3 Å². The first-order valence-corrected chi connectivity index (χ1v) is 5.89. The fourth-order valence-electron chi connectivity index (χ4n) is 1.65. The van der Waals surface area contributed by atoms with Gasteiger partial charge in [-0.1, -0.05) is 23.7 Å². The molecule has 0 aliphatic heterocycles. The number of hydrogen-bond acceptors (Lipinski definition) is 4. The van der Waals surface area contributed by atoms with Crippen LogP contribution in [0.2, 0.25) is 5.15 Å². The molecule has 100 valence electrons. The van der Waals surface area contributed by atoms with E-state index in [1.165, 1.54) is 24.3 Å². The molecule has 0 saturated heterocycles. The van der Waals surface area contributed by atoms with Gasteiger partial charge in [-0.15, -0.1) is 0 Å². The van der Waals surface area contributed by atoms with Gasteiger partial charge in [-0.25, -0.2) is 14.2 Å². The van der Waals surface area contributed by atoms with Gasteiger partial charge < -0.3 is 4.74 Å². The van der Waals surface area contributed by atoms with Crippen molar-refractivity contribution in [3.05, 3.63) is 52.4 Å². The molecule has 1 heterocycles. The number of hydrogen-bond donors (Lipinski definition) is 0. The lowest BCUT2D eigenvalue weighted by Crippen LogP contribution is -2.07. The van der Waals surface area contributed by atoms with Crippen molar-refractivity contribution in [1.29, 1.82) is 5.26 Å². The highest BCUT2D eigenvalue weighted by Crippen LogP contribution is 2.26. The third kappa shape index (κ3) is 2.60. The molecule has 0 radical (unpaired) electrons. The second kappa shape index (κ2) is 5.68. The van der Waals surface area contributed by atoms with E-state index in [0.29, 0.717) is 11.1 Å². The smallest absolute Gasteiger partial charge is 0.341 e. The molecule has 0 amide bonds. The second-order valence-corrected chi connectivity index (χ2v) is 4.22. The Morgan fingerprint density at radius 1 is 1.40 bits per heavy atom. The summed E-state index contributed by atoms with van der Waals surface area (Å²) in [5.74, 6) is -1.65. The van der Waals surface area contributed by atoms with E-state index in [4.69, 9.17) is 16.9 Å². The molecule has 0 saturated carbocycles. The lowest BCUT2D eigenvalue weighted by molar-refractivity contribution is 0.0595. The highest BCUT2D eigenvalue weighted by atomic mass is 35.5. The zero-order chi connectivity index (χ0) is 14.7. The van der Waals surface area contributed by atoms with Crippen molar-refractivity contribution in [3.8, 4) is 17.3 Å². The third-order valence-electron chi connectivity index (χ3n) is 2.62. The van der Waals surface area contributed by atoms with Gasteiger partial charge >= 0.3 is 5.97 Å². The van der Waals surface area contributed by atoms with Gasteiger partial charge in [0.1, 0.15) is 16.4 Å². The number of benzene rings is 1. The fraction of sp³-hybridized carbons (Fsp3) is 0.0714. The number of methoxy groups -OCH3 is 1. The molecule has 4 nitrogen and oxygen atoms in total. The Labute approximate surface area is 119 Å². The number of nitriles is 1. The normalized spacial score (nSPS) is 9.90. The van der Waals surface area contributed by atoms with Gasteiger partial charge in [-0.3, -0.25) is 0 Å². The Balaban J connectivity index is 2.59. The van der Waals surface area contributed by atoms with Crippen LogP contribution in [-0.4, -0.2) is 18.1 Å². The lowest BCUT2D eigenvalue weighted by Gasteiger charge is -2.07. The first-order valence-electron chi connectivity index (χ1n) is 5.51. The summed E-state index contributed by atoms with van der Waals surface area (Å²) in [6.07, 6.45) is 0. The molecule has 0 aliphatic rings. The van der Waals surface area contributed by atoms with E-state index < -0.39 is 11.8 Å². The third-order valence-corrected chi connectivity index (χ3v) is 2.81. The average molecular weight is 291 g/mol. The monoisotopic (exact) mass is 290 g/mol. The van der Waals surface area contributed by atoms with Gasteiger partial charge in [0, 0.05) is 5.56 Å². The Morgan fingerprint density at radius 2 is 2.05 bits per heavy atom. The van der Waals surface area contributed by atoms with E-state index in [-0.39, 0.29) is 16.4 Å². The molecule has 20 heavy (non-hydrogen) atoms. The maximum absolute atomic E-state index is 14.3. The van der Waals surface area contributed by atoms with Crippen molar-refractivity contribution in [2.24, 2.45) is 0 Å². The van der Waals surface area contributed by atoms with Crippen molar-refractivity contribution in [2.75, 3.05) is 7.11 Å². The van der Waals surface area contributed by atoms with Crippen LogP contribution in [0.4, 0.5) is 4.39 Å². The van der Waals surface area contributed by atoms with Gasteiger partial charge in [-0.05, 0) is 18.2 Å². The molecule has 0 aliphatic carbocycles. The molecule has 0 unspecified atom stereocenters. The fourth-order valence-corrected chi connectivity index (χ4v) is 1.84. The molecule has 2 aromatic rings. The van der Waals surface area contributed by atoms with Gasteiger partial charge in [0.15, 0.2) is 5.82 Å². The summed E-state index contributed by atoms with van der Waals surface area (Å²) in [5.41, 5.74) is 0.493. The number of halogens is 2. The molecule has 0 N–H and O–H groups in total. The summed E-state index contributed by atoms with van der Waals surface area (Å²) in [6, 6.07) is 9.17. The Bertz CT molecular complexity index is 708. The van der Waals surface area contributed by atoms with Crippen molar-refractivity contribution in [2.45, 2.75) is 0 Å². The summed E-state index contributed by atoms with van der Waals surface area (Å²) in [7, 11) is 1.15. The molecule has 0 fully saturated rings. The van der Waals surface area contributed by atoms with Crippen molar-refractivity contribution >= 4 is 17.6 Å². The molecule has 1 aromatic heterocycles. The maximum atomic E-state index is 14.3. The second-order valence-electron chi connectivity index (χ2n) is 3.84. The van der Waals surface area contributed by atoms with Crippen LogP contribution >= 0.6 is 11.6 Å². The summed E-state index contributed by atoms with van der Waals surface area (Å²) in [4.78, 5) is 15.4. The van der Waals surface area contributed by atoms with Gasteiger partial charge in [0.25, 0.3) is 0 Å². The minimum Gasteiger partial charge on any atom is -0.465 e. The van der Waals surface area contributed by atoms with Crippen LogP contribution in [0.1, 0.15) is 15.9 Å². The number of carbonyl (C=O) groups excluding carboxylic acids is 1. The van der Waals surface area contributed by atoms with Crippen molar-refractivity contribution in [3.63, 3.8) is 0 Å². The molecule has 1 aromatic carbocycles. The highest BCUT2D eigenvalue weighted by molar-refractivity contribution is 6.29. The minimum atomic E-state index is -0.832. The lowest BCUT2D eigenvalue weighted by atomic mass is 10.1. The molecule has 6 heteroatoms. The van der Waals surface area contributed by atoms with E-state index in [9.17, 15) is 9.18 Å². The summed E-state index contributed by atoms with van der Waals surface area (Å²) in [5, 5.41) is 8.70. The van der Waals surface area contributed by atoms with Crippen LogP contribution in [0.5, 0.6) is 0 Å². The molecule has 0 atom stereocenters. The minimum absolute atomic E-state index is 0.0221. The van der Waals surface area contributed by atoms with Crippen LogP contribution in [0.3, 0.4) is 0 Å². The quantitative estimate of drug-likeness (QED) is 0.629. The number of ether oxygens (including phenoxy) is 1. The Morgan fingerprint density at radius 3 is 2.60 bits per heavy atom. The summed E-state index contributed by atoms with van der Waals surface area (Å²) in [6.45, 7) is 0. The largest absolute Gasteiger partial charge is 0.465 e. The van der Waals surface area contributed by atoms with Crippen LogP contribution in [0.25, 0.3) is 11.3 Å². The van der Waals surface area contributed by atoms with E-state index in [0.717, 1.165) is 13.2 Å². The topological polar surface area (TPSA) is 63.0 Å². The highest BCUT2D eigenvalue weighted by Gasteiger charge is 2.19. The number of rotatable bonds is 2. The molecular weight excluding hydrogens is 283 g/mol. The van der Waals surface area contributed by atoms with Gasteiger partial charge in [0.05, 0.1) is 18.7 Å². The predicted molar refractivity (Wildman–Crippen MR) is 70.7 cm³/mol. The number of nitrogens with zero attached hydrogens (tertiary/aromatic N) is 2. The SMILES string of the molecule is COC(=O)c1cc(Cl)nc(-c2ccc(C#N)cc2)c1F. The summed E-state index contributed by atoms with van der Waals surface area (Å²) < 4.78 is 18.8. The first kappa shape index (κ1) is 14.0. The van der Waals surface area contributed by atoms with Gasteiger partial charge in [-0.2, -0.15) is 5.26 Å². The molecule has 0 spiro atoms. The summed E-state index contributed by atoms with van der Waals surface area (Å²) >= 11 is 5.79. The van der Waals surface area contributed by atoms with Crippen LogP contribution < -0.4 is 0 Å². The Hall–Kier alpha value is -2.45. The molecule has 2 rings (SSSR count). The van der Waals surface area contributed by atoms with Crippen molar-refractivity contribution < 1.29 is 13.9 Å². The number of pyridine rings is 1. The van der Waals surface area contributed by atoms with Crippen LogP contribution in [-0.2, 0) is 4.74 Å². The standard InChI is InChI=1S/C14H8ClFN2O2/c1-20-14(19)10-6-11(15)18-13(12(10)16)9-4-2-8(7-17)3-5-9/h2-6H,1H3. The Kier molecular flexibility index (Phi) is 3.97. The van der Waals surface area contributed by atoms with E-state index >= 15 is 0 Å². The average Bonchev–Trinajstić information content (AvgIpc) is 2.48. The number of esters is 1. The van der Waals surface area contributed by atoms with Crippen molar-refractivity contribution in [1.82, 2.24) is 4.98 Å². The number of carbonyl (C=O) groups is 1. The van der Waals surface area contributed by atoms with E-state index in [1.807, 2.05) is 6.07 Å². The van der Waals surface area contributed by atoms with Crippen LogP contribution in [0, 0.1) is 17.1 Å². The van der Waals surface area contributed by atoms with E-state index in [2.05, 4.69) is 9.72 Å². The first-order chi connectivity index (χ1) is 9.56. The van der Waals surface area contributed by atoms with Gasteiger partial charge in [0.2, 0.25) is 0 Å².